The number of hydrogen-bond donors (Lipinski definition) is 0. The molecule has 0 aromatic heterocycles. The predicted molar refractivity (Wildman–Crippen MR) is 54.3 cm³/mol. The molecule has 0 N–H and O–H groups in total. The van der Waals surface area contributed by atoms with Crippen molar-refractivity contribution in [2.24, 2.45) is 5.92 Å². The lowest BCUT2D eigenvalue weighted by molar-refractivity contribution is 0.168. The standard InChI is InChI=1S/C9H21O2P/c1-9(2)6-5-7-11-8-12(3,4)10/h9H,5-8H2,1-4H3. The van der Waals surface area contributed by atoms with E-state index < -0.39 is 7.14 Å². The van der Waals surface area contributed by atoms with Crippen molar-refractivity contribution in [2.45, 2.75) is 26.7 Å². The maximum Gasteiger partial charge on any atom is 0.106 e. The number of ether oxygens (including phenoxy) is 1. The average Bonchev–Trinajstić information content (AvgIpc) is 1.83. The maximum absolute atomic E-state index is 11.2. The second-order valence-electron chi connectivity index (χ2n) is 4.15. The van der Waals surface area contributed by atoms with Crippen LogP contribution in [0.3, 0.4) is 0 Å². The largest absolute Gasteiger partial charge is 0.374 e. The van der Waals surface area contributed by atoms with Gasteiger partial charge in [-0.05, 0) is 32.1 Å². The Hall–Kier alpha value is 0.190. The molecular weight excluding hydrogens is 171 g/mol. The summed E-state index contributed by atoms with van der Waals surface area (Å²) >= 11 is 0. The highest BCUT2D eigenvalue weighted by Crippen LogP contribution is 2.35. The molecular formula is C9H21O2P. The highest BCUT2D eigenvalue weighted by atomic mass is 31.2. The summed E-state index contributed by atoms with van der Waals surface area (Å²) < 4.78 is 16.5. The quantitative estimate of drug-likeness (QED) is 0.477. The first-order valence-corrected chi connectivity index (χ1v) is 7.32. The first-order chi connectivity index (χ1) is 5.42. The Kier molecular flexibility index (Phi) is 5.86. The third-order valence-electron chi connectivity index (χ3n) is 1.47. The zero-order valence-electron chi connectivity index (χ0n) is 8.67. The van der Waals surface area contributed by atoms with Crippen LogP contribution >= 0.6 is 7.14 Å². The van der Waals surface area contributed by atoms with Crippen LogP contribution in [-0.4, -0.2) is 26.3 Å². The highest BCUT2D eigenvalue weighted by molar-refractivity contribution is 7.62. The van der Waals surface area contributed by atoms with E-state index in [2.05, 4.69) is 13.8 Å². The molecule has 0 spiro atoms. The Balaban J connectivity index is 3.17. The zero-order chi connectivity index (χ0) is 9.61. The zero-order valence-corrected chi connectivity index (χ0v) is 9.56. The van der Waals surface area contributed by atoms with Gasteiger partial charge in [0, 0.05) is 6.61 Å². The summed E-state index contributed by atoms with van der Waals surface area (Å²) in [5, 5.41) is 0. The lowest BCUT2D eigenvalue weighted by atomic mass is 10.1. The van der Waals surface area contributed by atoms with Crippen LogP contribution in [0.1, 0.15) is 26.7 Å². The lowest BCUT2D eigenvalue weighted by Gasteiger charge is -2.08. The van der Waals surface area contributed by atoms with Gasteiger partial charge in [0.1, 0.15) is 7.14 Å². The smallest absolute Gasteiger partial charge is 0.106 e. The second kappa shape index (κ2) is 5.77. The normalized spacial score (nSPS) is 12.4. The minimum Gasteiger partial charge on any atom is -0.374 e. The van der Waals surface area contributed by atoms with Crippen molar-refractivity contribution in [1.29, 1.82) is 0 Å². The van der Waals surface area contributed by atoms with Crippen LogP contribution in [0.25, 0.3) is 0 Å². The van der Waals surface area contributed by atoms with E-state index in [1.54, 1.807) is 13.3 Å². The van der Waals surface area contributed by atoms with Crippen molar-refractivity contribution in [3.8, 4) is 0 Å². The van der Waals surface area contributed by atoms with Gasteiger partial charge in [0.05, 0.1) is 6.35 Å². The van der Waals surface area contributed by atoms with Crippen molar-refractivity contribution < 1.29 is 9.30 Å². The number of rotatable bonds is 6. The van der Waals surface area contributed by atoms with E-state index >= 15 is 0 Å². The van der Waals surface area contributed by atoms with Gasteiger partial charge in [-0.2, -0.15) is 0 Å². The molecule has 0 atom stereocenters. The molecule has 0 aromatic carbocycles. The van der Waals surface area contributed by atoms with Gasteiger partial charge in [0.15, 0.2) is 0 Å². The summed E-state index contributed by atoms with van der Waals surface area (Å²) in [5.74, 6) is 0.739. The first-order valence-electron chi connectivity index (χ1n) is 4.53. The molecule has 0 aromatic rings. The van der Waals surface area contributed by atoms with Gasteiger partial charge in [-0.1, -0.05) is 13.8 Å². The van der Waals surface area contributed by atoms with E-state index in [1.165, 1.54) is 6.42 Å². The molecule has 0 radical (unpaired) electrons. The van der Waals surface area contributed by atoms with Crippen molar-refractivity contribution >= 4 is 7.14 Å². The van der Waals surface area contributed by atoms with Crippen LogP contribution in [0.15, 0.2) is 0 Å². The molecule has 0 amide bonds. The van der Waals surface area contributed by atoms with Gasteiger partial charge in [-0.3, -0.25) is 0 Å². The molecule has 74 valence electrons. The van der Waals surface area contributed by atoms with Crippen LogP contribution in [0.4, 0.5) is 0 Å². The average molecular weight is 192 g/mol. The fourth-order valence-corrected chi connectivity index (χ4v) is 1.45. The highest BCUT2D eigenvalue weighted by Gasteiger charge is 2.05. The molecule has 0 rings (SSSR count). The molecule has 0 heterocycles. The van der Waals surface area contributed by atoms with Crippen LogP contribution in [0, 0.1) is 5.92 Å². The molecule has 0 aliphatic carbocycles. The van der Waals surface area contributed by atoms with Crippen molar-refractivity contribution in [3.63, 3.8) is 0 Å². The van der Waals surface area contributed by atoms with E-state index in [0.29, 0.717) is 6.35 Å². The van der Waals surface area contributed by atoms with Gasteiger partial charge >= 0.3 is 0 Å². The van der Waals surface area contributed by atoms with Gasteiger partial charge in [-0.25, -0.2) is 0 Å². The van der Waals surface area contributed by atoms with Gasteiger partial charge in [0.25, 0.3) is 0 Å². The first kappa shape index (κ1) is 12.2. The summed E-state index contributed by atoms with van der Waals surface area (Å²) in [7, 11) is -1.95. The van der Waals surface area contributed by atoms with Gasteiger partial charge in [-0.15, -0.1) is 0 Å². The minimum atomic E-state index is -1.95. The third kappa shape index (κ3) is 10.2. The van der Waals surface area contributed by atoms with Crippen molar-refractivity contribution in [1.82, 2.24) is 0 Å². The van der Waals surface area contributed by atoms with Gasteiger partial charge in [0.2, 0.25) is 0 Å². The van der Waals surface area contributed by atoms with Crippen LogP contribution in [0.5, 0.6) is 0 Å². The van der Waals surface area contributed by atoms with Crippen molar-refractivity contribution in [2.75, 3.05) is 26.3 Å². The molecule has 0 bridgehead atoms. The summed E-state index contributed by atoms with van der Waals surface area (Å²) in [5.41, 5.74) is 0. The van der Waals surface area contributed by atoms with E-state index in [-0.39, 0.29) is 0 Å². The maximum atomic E-state index is 11.2. The fourth-order valence-electron chi connectivity index (χ4n) is 0.878. The molecule has 3 heteroatoms. The lowest BCUT2D eigenvalue weighted by Crippen LogP contribution is -1.98. The molecule has 0 aliphatic heterocycles. The molecule has 0 saturated carbocycles. The summed E-state index contributed by atoms with van der Waals surface area (Å²) in [6.45, 7) is 8.67. The van der Waals surface area contributed by atoms with Crippen LogP contribution in [0.2, 0.25) is 0 Å². The Bertz CT molecular complexity index is 149. The van der Waals surface area contributed by atoms with Crippen molar-refractivity contribution in [3.05, 3.63) is 0 Å². The molecule has 12 heavy (non-hydrogen) atoms. The summed E-state index contributed by atoms with van der Waals surface area (Å²) in [4.78, 5) is 0. The van der Waals surface area contributed by atoms with E-state index in [9.17, 15) is 4.57 Å². The fraction of sp³-hybridized carbons (Fsp3) is 1.00. The predicted octanol–water partition coefficient (Wildman–Crippen LogP) is 3.02. The summed E-state index contributed by atoms with van der Waals surface area (Å²) in [6.07, 6.45) is 2.71. The third-order valence-corrected chi connectivity index (χ3v) is 2.28. The molecule has 0 aliphatic rings. The van der Waals surface area contributed by atoms with E-state index in [1.807, 2.05) is 0 Å². The van der Waals surface area contributed by atoms with Crippen LogP contribution in [-0.2, 0) is 9.30 Å². The van der Waals surface area contributed by atoms with Gasteiger partial charge < -0.3 is 9.30 Å². The molecule has 0 fully saturated rings. The van der Waals surface area contributed by atoms with Crippen LogP contribution < -0.4 is 0 Å². The second-order valence-corrected chi connectivity index (χ2v) is 7.55. The SMILES string of the molecule is CC(C)CCCOCP(C)(C)=O. The van der Waals surface area contributed by atoms with E-state index in [0.717, 1.165) is 18.9 Å². The topological polar surface area (TPSA) is 26.3 Å². The Labute approximate surface area is 76.1 Å². The minimum absolute atomic E-state index is 0.436. The molecule has 2 nitrogen and oxygen atoms in total. The molecule has 0 unspecified atom stereocenters. The Morgan fingerprint density at radius 2 is 1.92 bits per heavy atom. The molecule has 0 saturated heterocycles. The van der Waals surface area contributed by atoms with E-state index in [4.69, 9.17) is 4.74 Å². The summed E-state index contributed by atoms with van der Waals surface area (Å²) in [6, 6.07) is 0. The Morgan fingerprint density at radius 1 is 1.33 bits per heavy atom. The number of hydrogen-bond acceptors (Lipinski definition) is 2. The monoisotopic (exact) mass is 192 g/mol. The Morgan fingerprint density at radius 3 is 2.33 bits per heavy atom.